The number of rotatable bonds is 5. The minimum Gasteiger partial charge on any atom is -0.208 e. The van der Waals surface area contributed by atoms with E-state index >= 15 is 0 Å². The third-order valence-electron chi connectivity index (χ3n) is 8.74. The lowest BCUT2D eigenvalue weighted by Crippen LogP contribution is -2.00. The average Bonchev–Trinajstić information content (AvgIpc) is 3.55. The molecule has 0 aliphatic rings. The first-order valence-corrected chi connectivity index (χ1v) is 16.5. The van der Waals surface area contributed by atoms with Gasteiger partial charge in [-0.3, -0.25) is 0 Å². The first kappa shape index (κ1) is 27.3. The fourth-order valence-electron chi connectivity index (χ4n) is 6.45. The minimum atomic E-state index is 0.649. The van der Waals surface area contributed by atoms with Gasteiger partial charge in [0.25, 0.3) is 0 Å². The molecule has 0 amide bonds. The Labute approximate surface area is 276 Å². The normalized spacial score (nSPS) is 11.4. The van der Waals surface area contributed by atoms with Gasteiger partial charge in [-0.05, 0) is 51.2 Å². The third kappa shape index (κ3) is 4.96. The van der Waals surface area contributed by atoms with Crippen LogP contribution in [0.4, 0.5) is 0 Å². The maximum Gasteiger partial charge on any atom is 0.164 e. The molecule has 0 bridgehead atoms. The van der Waals surface area contributed by atoms with Crippen molar-refractivity contribution >= 4 is 42.3 Å². The van der Waals surface area contributed by atoms with E-state index in [0.717, 1.165) is 27.8 Å². The first-order valence-electron chi connectivity index (χ1n) is 15.7. The second-order valence-corrected chi connectivity index (χ2v) is 12.7. The van der Waals surface area contributed by atoms with Crippen LogP contribution in [0.5, 0.6) is 0 Å². The van der Waals surface area contributed by atoms with Gasteiger partial charge in [0.15, 0.2) is 17.5 Å². The van der Waals surface area contributed by atoms with E-state index in [9.17, 15) is 0 Å². The zero-order valence-electron chi connectivity index (χ0n) is 25.3. The van der Waals surface area contributed by atoms with Crippen LogP contribution in [0.2, 0.25) is 0 Å². The van der Waals surface area contributed by atoms with Crippen molar-refractivity contribution in [2.24, 2.45) is 0 Å². The molecule has 0 fully saturated rings. The van der Waals surface area contributed by atoms with Gasteiger partial charge in [-0.25, -0.2) is 15.0 Å². The van der Waals surface area contributed by atoms with Crippen LogP contribution >= 0.6 is 11.3 Å². The van der Waals surface area contributed by atoms with Gasteiger partial charge in [0.2, 0.25) is 0 Å². The molecule has 0 aliphatic heterocycles. The van der Waals surface area contributed by atoms with Gasteiger partial charge in [0.1, 0.15) is 0 Å². The highest BCUT2D eigenvalue weighted by atomic mass is 32.1. The second-order valence-electron chi connectivity index (χ2n) is 11.6. The van der Waals surface area contributed by atoms with Crippen LogP contribution in [-0.2, 0) is 0 Å². The van der Waals surface area contributed by atoms with Crippen molar-refractivity contribution in [3.05, 3.63) is 164 Å². The molecule has 0 radical (unpaired) electrons. The van der Waals surface area contributed by atoms with E-state index in [1.165, 1.54) is 42.1 Å². The SMILES string of the molecule is c1ccc(-c2cccc(-c3nc(-c4ccccc4)nc(-c4ccc(-c5cccc6sc7ccc8ccccc8c7c56)cc4)n3)c2)cc1. The lowest BCUT2D eigenvalue weighted by Gasteiger charge is -2.11. The molecule has 7 aromatic carbocycles. The number of nitrogens with zero attached hydrogens (tertiary/aromatic N) is 3. The van der Waals surface area contributed by atoms with E-state index in [4.69, 9.17) is 15.0 Å². The molecule has 0 saturated carbocycles. The molecular weight excluding hydrogens is 591 g/mol. The molecule has 47 heavy (non-hydrogen) atoms. The number of aromatic nitrogens is 3. The van der Waals surface area contributed by atoms with E-state index in [-0.39, 0.29) is 0 Å². The molecule has 0 saturated heterocycles. The fraction of sp³-hybridized carbons (Fsp3) is 0. The maximum absolute atomic E-state index is 5.03. The Balaban J connectivity index is 1.17. The van der Waals surface area contributed by atoms with Crippen molar-refractivity contribution < 1.29 is 0 Å². The number of thiophene rings is 1. The highest BCUT2D eigenvalue weighted by molar-refractivity contribution is 7.26. The van der Waals surface area contributed by atoms with Crippen molar-refractivity contribution in [2.75, 3.05) is 0 Å². The Kier molecular flexibility index (Phi) is 6.65. The Morgan fingerprint density at radius 3 is 1.66 bits per heavy atom. The molecule has 0 N–H and O–H groups in total. The summed E-state index contributed by atoms with van der Waals surface area (Å²) in [4.78, 5) is 15.0. The van der Waals surface area contributed by atoms with Gasteiger partial charge < -0.3 is 0 Å². The lowest BCUT2D eigenvalue weighted by atomic mass is 9.96. The molecule has 3 nitrogen and oxygen atoms in total. The smallest absolute Gasteiger partial charge is 0.164 e. The van der Waals surface area contributed by atoms with Crippen LogP contribution in [0.25, 0.3) is 87.4 Å². The van der Waals surface area contributed by atoms with Crippen LogP contribution in [0.1, 0.15) is 0 Å². The van der Waals surface area contributed by atoms with E-state index in [1.54, 1.807) is 0 Å². The van der Waals surface area contributed by atoms with Gasteiger partial charge in [0.05, 0.1) is 0 Å². The summed E-state index contributed by atoms with van der Waals surface area (Å²) >= 11 is 1.86. The van der Waals surface area contributed by atoms with Crippen LogP contribution < -0.4 is 0 Å². The Hall–Kier alpha value is -5.97. The lowest BCUT2D eigenvalue weighted by molar-refractivity contribution is 1.07. The van der Waals surface area contributed by atoms with Crippen LogP contribution in [0, 0.1) is 0 Å². The molecule has 9 rings (SSSR count). The molecular formula is C43H27N3S. The summed E-state index contributed by atoms with van der Waals surface area (Å²) in [5.74, 6) is 1.95. The molecule has 4 heteroatoms. The van der Waals surface area contributed by atoms with E-state index in [1.807, 2.05) is 47.7 Å². The van der Waals surface area contributed by atoms with Crippen LogP contribution in [0.15, 0.2) is 164 Å². The van der Waals surface area contributed by atoms with Gasteiger partial charge in [0, 0.05) is 36.9 Å². The molecule has 0 aliphatic carbocycles. The monoisotopic (exact) mass is 617 g/mol. The van der Waals surface area contributed by atoms with E-state index in [2.05, 4.69) is 127 Å². The van der Waals surface area contributed by atoms with Gasteiger partial charge in [-0.1, -0.05) is 146 Å². The Bertz CT molecular complexity index is 2550. The topological polar surface area (TPSA) is 38.7 Å². The molecule has 2 aromatic heterocycles. The van der Waals surface area contributed by atoms with Crippen molar-refractivity contribution in [3.8, 4) is 56.4 Å². The summed E-state index contributed by atoms with van der Waals surface area (Å²) in [5, 5.41) is 5.20. The highest BCUT2D eigenvalue weighted by Gasteiger charge is 2.16. The molecule has 0 unspecified atom stereocenters. The summed E-state index contributed by atoms with van der Waals surface area (Å²) in [6.07, 6.45) is 0. The predicted octanol–water partition coefficient (Wildman–Crippen LogP) is 11.7. The third-order valence-corrected chi connectivity index (χ3v) is 9.86. The van der Waals surface area contributed by atoms with E-state index in [0.29, 0.717) is 17.5 Å². The van der Waals surface area contributed by atoms with Crippen LogP contribution in [-0.4, -0.2) is 15.0 Å². The molecule has 0 spiro atoms. The largest absolute Gasteiger partial charge is 0.208 e. The Morgan fingerprint density at radius 1 is 0.340 bits per heavy atom. The average molecular weight is 618 g/mol. The summed E-state index contributed by atoms with van der Waals surface area (Å²) in [6.45, 7) is 0. The molecule has 9 aromatic rings. The number of hydrogen-bond donors (Lipinski definition) is 0. The number of hydrogen-bond acceptors (Lipinski definition) is 4. The van der Waals surface area contributed by atoms with Gasteiger partial charge in [-0.15, -0.1) is 11.3 Å². The number of benzene rings is 7. The number of fused-ring (bicyclic) bond motifs is 5. The first-order chi connectivity index (χ1) is 23.3. The summed E-state index contributed by atoms with van der Waals surface area (Å²) in [6, 6.07) is 57.4. The maximum atomic E-state index is 5.03. The Morgan fingerprint density at radius 2 is 0.894 bits per heavy atom. The van der Waals surface area contributed by atoms with Gasteiger partial charge >= 0.3 is 0 Å². The molecule has 0 atom stereocenters. The second kappa shape index (κ2) is 11.4. The molecule has 2 heterocycles. The van der Waals surface area contributed by atoms with Crippen molar-refractivity contribution in [1.29, 1.82) is 0 Å². The zero-order chi connectivity index (χ0) is 31.2. The molecule has 220 valence electrons. The van der Waals surface area contributed by atoms with Crippen molar-refractivity contribution in [3.63, 3.8) is 0 Å². The van der Waals surface area contributed by atoms with Crippen molar-refractivity contribution in [1.82, 2.24) is 15.0 Å². The van der Waals surface area contributed by atoms with E-state index < -0.39 is 0 Å². The standard InChI is InChI=1S/C43H27N3S/c1-3-11-28(12-4-1)33-16-9-17-34(27-33)43-45-41(31-14-5-2-6-15-31)44-42(46-43)32-23-21-30(22-24-32)36-19-10-20-37-39(36)40-35-18-8-7-13-29(35)25-26-38(40)47-37/h1-27H. The summed E-state index contributed by atoms with van der Waals surface area (Å²) in [5.41, 5.74) is 7.53. The van der Waals surface area contributed by atoms with Crippen molar-refractivity contribution in [2.45, 2.75) is 0 Å². The quantitative estimate of drug-likeness (QED) is 0.193. The minimum absolute atomic E-state index is 0.649. The zero-order valence-corrected chi connectivity index (χ0v) is 26.2. The predicted molar refractivity (Wildman–Crippen MR) is 197 cm³/mol. The fourth-order valence-corrected chi connectivity index (χ4v) is 7.59. The summed E-state index contributed by atoms with van der Waals surface area (Å²) < 4.78 is 2.61. The van der Waals surface area contributed by atoms with Gasteiger partial charge in [-0.2, -0.15) is 0 Å². The van der Waals surface area contributed by atoms with Crippen LogP contribution in [0.3, 0.4) is 0 Å². The summed E-state index contributed by atoms with van der Waals surface area (Å²) in [7, 11) is 0. The highest BCUT2D eigenvalue weighted by Crippen LogP contribution is 2.43.